The van der Waals surface area contributed by atoms with Gasteiger partial charge in [0.2, 0.25) is 0 Å². The predicted octanol–water partition coefficient (Wildman–Crippen LogP) is 5.85. The SMILES string of the molecule is ClOc1ccccc1.[CH2]CCCCCCC.[CH3]. The molecule has 1 rings (SSSR count). The fourth-order valence-electron chi connectivity index (χ4n) is 1.25. The zero-order chi connectivity index (χ0) is 12.1. The first-order chi connectivity index (χ1) is 7.85. The van der Waals surface area contributed by atoms with Gasteiger partial charge in [0, 0.05) is 0 Å². The Balaban J connectivity index is 0. The molecule has 0 unspecified atom stereocenters. The Morgan fingerprint density at radius 2 is 1.65 bits per heavy atom. The molecule has 0 N–H and O–H groups in total. The molecule has 0 amide bonds. The summed E-state index contributed by atoms with van der Waals surface area (Å²) in [6, 6.07) is 9.19. The average Bonchev–Trinajstić information content (AvgIpc) is 2.36. The van der Waals surface area contributed by atoms with E-state index in [2.05, 4.69) is 18.1 Å². The quantitative estimate of drug-likeness (QED) is 0.580. The van der Waals surface area contributed by atoms with Gasteiger partial charge >= 0.3 is 0 Å². The molecule has 0 atom stereocenters. The zero-order valence-corrected chi connectivity index (χ0v) is 11.9. The van der Waals surface area contributed by atoms with E-state index in [4.69, 9.17) is 11.9 Å². The molecule has 0 aromatic heterocycles. The molecule has 0 saturated heterocycles. The largest absolute Gasteiger partial charge is 0.386 e. The van der Waals surface area contributed by atoms with Crippen LogP contribution in [0.5, 0.6) is 5.75 Å². The van der Waals surface area contributed by atoms with Crippen molar-refractivity contribution in [3.63, 3.8) is 0 Å². The van der Waals surface area contributed by atoms with E-state index in [0.717, 1.165) is 6.42 Å². The molecule has 0 aliphatic carbocycles. The van der Waals surface area contributed by atoms with Gasteiger partial charge in [-0.05, 0) is 12.1 Å². The van der Waals surface area contributed by atoms with E-state index >= 15 is 0 Å². The standard InChI is InChI=1S/C8H17.C6H5ClO.CH3/c1-3-5-7-8-6-4-2;7-8-6-4-2-1-3-5-6;/h1,3-8H2,2H3;1-5H;1H3. The Morgan fingerprint density at radius 3 is 2.06 bits per heavy atom. The summed E-state index contributed by atoms with van der Waals surface area (Å²) in [4.78, 5) is 0. The number of halogens is 1. The fourth-order valence-corrected chi connectivity index (χ4v) is 1.36. The van der Waals surface area contributed by atoms with Gasteiger partial charge in [-0.15, -0.1) is 0 Å². The molecule has 1 aromatic rings. The number of rotatable bonds is 6. The summed E-state index contributed by atoms with van der Waals surface area (Å²) in [5, 5.41) is 0. The van der Waals surface area contributed by atoms with Gasteiger partial charge in [-0.3, -0.25) is 0 Å². The summed E-state index contributed by atoms with van der Waals surface area (Å²) < 4.78 is 4.39. The molecule has 1 nitrogen and oxygen atoms in total. The smallest absolute Gasteiger partial charge is 0.146 e. The summed E-state index contributed by atoms with van der Waals surface area (Å²) >= 11 is 5.03. The number of unbranched alkanes of at least 4 members (excludes halogenated alkanes) is 5. The summed E-state index contributed by atoms with van der Waals surface area (Å²) in [5.74, 6) is 0.675. The van der Waals surface area contributed by atoms with Gasteiger partial charge in [0.25, 0.3) is 0 Å². The Morgan fingerprint density at radius 1 is 1.06 bits per heavy atom. The molecule has 17 heavy (non-hydrogen) atoms. The highest BCUT2D eigenvalue weighted by atomic mass is 35.5. The number of hydrogen-bond acceptors (Lipinski definition) is 1. The molecule has 0 spiro atoms. The minimum atomic E-state index is 0. The van der Waals surface area contributed by atoms with E-state index in [1.54, 1.807) is 12.1 Å². The van der Waals surface area contributed by atoms with Crippen molar-refractivity contribution >= 4 is 11.9 Å². The maximum Gasteiger partial charge on any atom is 0.146 e. The first kappa shape index (κ1) is 18.7. The fraction of sp³-hybridized carbons (Fsp3) is 0.467. The van der Waals surface area contributed by atoms with Crippen LogP contribution in [-0.2, 0) is 0 Å². The van der Waals surface area contributed by atoms with Crippen LogP contribution in [0.1, 0.15) is 45.4 Å². The van der Waals surface area contributed by atoms with Crippen molar-refractivity contribution in [2.75, 3.05) is 0 Å². The molecule has 0 aliphatic rings. The van der Waals surface area contributed by atoms with Gasteiger partial charge in [0.05, 0.1) is 0 Å². The van der Waals surface area contributed by atoms with Gasteiger partial charge in [-0.1, -0.05) is 78.0 Å². The molecular formula is C15H25ClO. The molecule has 0 saturated carbocycles. The second-order valence-electron chi connectivity index (χ2n) is 3.66. The molecule has 2 heteroatoms. The minimum absolute atomic E-state index is 0. The lowest BCUT2D eigenvalue weighted by molar-refractivity contribution is 0.619. The highest BCUT2D eigenvalue weighted by molar-refractivity contribution is 6.09. The summed E-state index contributed by atoms with van der Waals surface area (Å²) in [6.45, 7) is 6.02. The van der Waals surface area contributed by atoms with E-state index in [1.165, 1.54) is 32.1 Å². The van der Waals surface area contributed by atoms with Crippen LogP contribution in [0, 0.1) is 14.4 Å². The van der Waals surface area contributed by atoms with E-state index in [0.29, 0.717) is 5.75 Å². The molecule has 0 heterocycles. The van der Waals surface area contributed by atoms with E-state index in [1.807, 2.05) is 18.2 Å². The van der Waals surface area contributed by atoms with Crippen LogP contribution in [0.25, 0.3) is 0 Å². The van der Waals surface area contributed by atoms with Crippen molar-refractivity contribution in [2.24, 2.45) is 0 Å². The summed E-state index contributed by atoms with van der Waals surface area (Å²) in [6.07, 6.45) is 7.98. The third kappa shape index (κ3) is 13.2. The van der Waals surface area contributed by atoms with Gasteiger partial charge in [-0.25, -0.2) is 0 Å². The number of benzene rings is 1. The average molecular weight is 257 g/mol. The summed E-state index contributed by atoms with van der Waals surface area (Å²) in [7, 11) is 0. The van der Waals surface area contributed by atoms with Crippen molar-refractivity contribution in [1.82, 2.24) is 0 Å². The van der Waals surface area contributed by atoms with Crippen LogP contribution in [0.2, 0.25) is 0 Å². The first-order valence-corrected chi connectivity index (χ1v) is 6.28. The monoisotopic (exact) mass is 256 g/mol. The third-order valence-corrected chi connectivity index (χ3v) is 2.36. The van der Waals surface area contributed by atoms with Crippen LogP contribution in [0.3, 0.4) is 0 Å². The molecule has 0 bridgehead atoms. The van der Waals surface area contributed by atoms with Gasteiger partial charge in [0.1, 0.15) is 17.6 Å². The molecule has 0 fully saturated rings. The molecule has 2 radical (unpaired) electrons. The Kier molecular flexibility index (Phi) is 16.8. The molecule has 98 valence electrons. The van der Waals surface area contributed by atoms with Crippen LogP contribution >= 0.6 is 11.9 Å². The Hall–Kier alpha value is -0.690. The maximum atomic E-state index is 5.03. The minimum Gasteiger partial charge on any atom is -0.386 e. The third-order valence-electron chi connectivity index (χ3n) is 2.19. The highest BCUT2D eigenvalue weighted by Gasteiger charge is 1.83. The molecule has 0 aliphatic heterocycles. The van der Waals surface area contributed by atoms with Crippen molar-refractivity contribution in [3.05, 3.63) is 44.7 Å². The normalized spacial score (nSPS) is 8.65. The van der Waals surface area contributed by atoms with Crippen molar-refractivity contribution in [2.45, 2.75) is 45.4 Å². The van der Waals surface area contributed by atoms with Crippen LogP contribution in [0.15, 0.2) is 30.3 Å². The van der Waals surface area contributed by atoms with E-state index in [9.17, 15) is 0 Å². The molecular weight excluding hydrogens is 232 g/mol. The first-order valence-electron chi connectivity index (χ1n) is 5.98. The number of hydrogen-bond donors (Lipinski definition) is 0. The second-order valence-corrected chi connectivity index (χ2v) is 3.81. The van der Waals surface area contributed by atoms with E-state index < -0.39 is 0 Å². The summed E-state index contributed by atoms with van der Waals surface area (Å²) in [5.41, 5.74) is 0. The molecule has 1 aromatic carbocycles. The van der Waals surface area contributed by atoms with E-state index in [-0.39, 0.29) is 7.43 Å². The van der Waals surface area contributed by atoms with Gasteiger partial charge < -0.3 is 4.29 Å². The van der Waals surface area contributed by atoms with Gasteiger partial charge in [0.15, 0.2) is 0 Å². The zero-order valence-electron chi connectivity index (χ0n) is 11.1. The topological polar surface area (TPSA) is 9.23 Å². The van der Waals surface area contributed by atoms with Crippen molar-refractivity contribution in [3.8, 4) is 5.75 Å². The maximum absolute atomic E-state index is 5.03. The van der Waals surface area contributed by atoms with Gasteiger partial charge in [-0.2, -0.15) is 0 Å². The van der Waals surface area contributed by atoms with Crippen LogP contribution in [-0.4, -0.2) is 0 Å². The van der Waals surface area contributed by atoms with Crippen molar-refractivity contribution < 1.29 is 4.29 Å². The Labute approximate surface area is 112 Å². The van der Waals surface area contributed by atoms with Crippen LogP contribution in [0.4, 0.5) is 0 Å². The lowest BCUT2D eigenvalue weighted by Crippen LogP contribution is -1.74. The van der Waals surface area contributed by atoms with Crippen LogP contribution < -0.4 is 4.29 Å². The lowest BCUT2D eigenvalue weighted by Gasteiger charge is -1.93. The highest BCUT2D eigenvalue weighted by Crippen LogP contribution is 2.08. The number of para-hydroxylation sites is 1. The predicted molar refractivity (Wildman–Crippen MR) is 78.1 cm³/mol. The Bertz CT molecular complexity index is 218. The lowest BCUT2D eigenvalue weighted by atomic mass is 10.1. The van der Waals surface area contributed by atoms with Crippen molar-refractivity contribution in [1.29, 1.82) is 0 Å². The second kappa shape index (κ2) is 15.3.